The van der Waals surface area contributed by atoms with E-state index in [1.165, 1.54) is 38.6 Å². The second-order valence-electron chi connectivity index (χ2n) is 6.07. The Morgan fingerprint density at radius 2 is 1.90 bits per heavy atom. The van der Waals surface area contributed by atoms with Gasteiger partial charge in [-0.15, -0.1) is 0 Å². The van der Waals surface area contributed by atoms with Crippen molar-refractivity contribution in [3.63, 3.8) is 0 Å². The smallest absolute Gasteiger partial charge is 0.289 e. The molecular formula is C16H24N2O2. The molecule has 0 spiro atoms. The van der Waals surface area contributed by atoms with Crippen molar-refractivity contribution < 1.29 is 9.21 Å². The summed E-state index contributed by atoms with van der Waals surface area (Å²) in [6, 6.07) is 3.52. The second-order valence-corrected chi connectivity index (χ2v) is 6.07. The number of nitrogens with zero attached hydrogens (tertiary/aromatic N) is 2. The Bertz CT molecular complexity index is 416. The Kier molecular flexibility index (Phi) is 4.41. The molecule has 4 heteroatoms. The van der Waals surface area contributed by atoms with Crippen LogP contribution in [0.4, 0.5) is 0 Å². The van der Waals surface area contributed by atoms with Crippen LogP contribution in [0, 0.1) is 5.92 Å². The third-order valence-electron chi connectivity index (χ3n) is 4.63. The molecule has 2 aliphatic rings. The lowest BCUT2D eigenvalue weighted by atomic mass is 9.89. The topological polar surface area (TPSA) is 36.7 Å². The summed E-state index contributed by atoms with van der Waals surface area (Å²) in [4.78, 5) is 16.6. The van der Waals surface area contributed by atoms with Crippen molar-refractivity contribution in [2.45, 2.75) is 32.1 Å². The lowest BCUT2D eigenvalue weighted by molar-refractivity contribution is 0.0576. The van der Waals surface area contributed by atoms with E-state index in [9.17, 15) is 4.79 Å². The fraction of sp³-hybridized carbons (Fsp3) is 0.688. The van der Waals surface area contributed by atoms with E-state index in [1.807, 2.05) is 4.90 Å². The molecule has 1 aliphatic heterocycles. The molecule has 0 atom stereocenters. The molecule has 0 N–H and O–H groups in total. The van der Waals surface area contributed by atoms with Crippen LogP contribution in [0.2, 0.25) is 0 Å². The van der Waals surface area contributed by atoms with E-state index in [0.29, 0.717) is 5.76 Å². The first-order valence-corrected chi connectivity index (χ1v) is 7.88. The quantitative estimate of drug-likeness (QED) is 0.851. The van der Waals surface area contributed by atoms with E-state index in [2.05, 4.69) is 4.90 Å². The monoisotopic (exact) mass is 276 g/mol. The van der Waals surface area contributed by atoms with Gasteiger partial charge in [0.05, 0.1) is 6.26 Å². The van der Waals surface area contributed by atoms with Crippen molar-refractivity contribution in [2.24, 2.45) is 5.92 Å². The maximum Gasteiger partial charge on any atom is 0.289 e. The molecule has 1 saturated heterocycles. The largest absolute Gasteiger partial charge is 0.459 e. The van der Waals surface area contributed by atoms with Gasteiger partial charge in [-0.25, -0.2) is 0 Å². The van der Waals surface area contributed by atoms with Crippen molar-refractivity contribution in [3.8, 4) is 0 Å². The number of piperazine rings is 1. The molecule has 110 valence electrons. The highest BCUT2D eigenvalue weighted by atomic mass is 16.3. The first kappa shape index (κ1) is 13.7. The van der Waals surface area contributed by atoms with E-state index >= 15 is 0 Å². The molecule has 1 aliphatic carbocycles. The van der Waals surface area contributed by atoms with Gasteiger partial charge in [0, 0.05) is 32.7 Å². The van der Waals surface area contributed by atoms with Gasteiger partial charge < -0.3 is 9.32 Å². The lowest BCUT2D eigenvalue weighted by Gasteiger charge is -2.36. The Morgan fingerprint density at radius 1 is 1.15 bits per heavy atom. The number of carbonyl (C=O) groups is 1. The Hall–Kier alpha value is -1.29. The first-order chi connectivity index (χ1) is 9.83. The number of amides is 1. The summed E-state index contributed by atoms with van der Waals surface area (Å²) < 4.78 is 5.19. The minimum atomic E-state index is 0.0346. The number of rotatable bonds is 3. The number of furan rings is 1. The van der Waals surface area contributed by atoms with Crippen molar-refractivity contribution in [3.05, 3.63) is 24.2 Å². The first-order valence-electron chi connectivity index (χ1n) is 7.88. The van der Waals surface area contributed by atoms with Gasteiger partial charge in [-0.2, -0.15) is 0 Å². The summed E-state index contributed by atoms with van der Waals surface area (Å²) in [5.74, 6) is 1.38. The van der Waals surface area contributed by atoms with Crippen LogP contribution in [0.15, 0.2) is 22.8 Å². The summed E-state index contributed by atoms with van der Waals surface area (Å²) >= 11 is 0. The summed E-state index contributed by atoms with van der Waals surface area (Å²) in [5, 5.41) is 0. The summed E-state index contributed by atoms with van der Waals surface area (Å²) in [5.41, 5.74) is 0. The van der Waals surface area contributed by atoms with Gasteiger partial charge in [0.2, 0.25) is 0 Å². The molecular weight excluding hydrogens is 252 g/mol. The maximum absolute atomic E-state index is 12.2. The third-order valence-corrected chi connectivity index (χ3v) is 4.63. The molecule has 2 heterocycles. The Balaban J connectivity index is 1.45. The van der Waals surface area contributed by atoms with E-state index in [-0.39, 0.29) is 5.91 Å². The highest BCUT2D eigenvalue weighted by Crippen LogP contribution is 2.24. The third kappa shape index (κ3) is 3.23. The normalized spacial score (nSPS) is 22.1. The van der Waals surface area contributed by atoms with Crippen LogP contribution < -0.4 is 0 Å². The van der Waals surface area contributed by atoms with Crippen LogP contribution in [0.5, 0.6) is 0 Å². The average molecular weight is 276 g/mol. The Morgan fingerprint density at radius 3 is 2.55 bits per heavy atom. The predicted octanol–water partition coefficient (Wildman–Crippen LogP) is 2.62. The summed E-state index contributed by atoms with van der Waals surface area (Å²) in [6.45, 7) is 4.88. The standard InChI is InChI=1S/C16H24N2O2/c19-16(15-7-4-12-20-15)18-10-8-17(9-11-18)13-14-5-2-1-3-6-14/h4,7,12,14H,1-3,5-6,8-11,13H2. The van der Waals surface area contributed by atoms with Crippen LogP contribution in [-0.2, 0) is 0 Å². The van der Waals surface area contributed by atoms with E-state index in [1.54, 1.807) is 18.4 Å². The fourth-order valence-corrected chi connectivity index (χ4v) is 3.42. The molecule has 2 fully saturated rings. The minimum Gasteiger partial charge on any atom is -0.459 e. The number of hydrogen-bond donors (Lipinski definition) is 0. The zero-order valence-electron chi connectivity index (χ0n) is 12.1. The van der Waals surface area contributed by atoms with E-state index in [0.717, 1.165) is 32.1 Å². The molecule has 1 aromatic rings. The van der Waals surface area contributed by atoms with Crippen molar-refractivity contribution >= 4 is 5.91 Å². The van der Waals surface area contributed by atoms with Crippen LogP contribution in [0.1, 0.15) is 42.7 Å². The van der Waals surface area contributed by atoms with Gasteiger partial charge in [0.15, 0.2) is 5.76 Å². The fourth-order valence-electron chi connectivity index (χ4n) is 3.42. The van der Waals surface area contributed by atoms with Crippen LogP contribution in [0.3, 0.4) is 0 Å². The predicted molar refractivity (Wildman–Crippen MR) is 77.6 cm³/mol. The van der Waals surface area contributed by atoms with Gasteiger partial charge in [-0.05, 0) is 30.9 Å². The van der Waals surface area contributed by atoms with Crippen molar-refractivity contribution in [1.29, 1.82) is 0 Å². The molecule has 1 amide bonds. The van der Waals surface area contributed by atoms with Gasteiger partial charge in [-0.1, -0.05) is 19.3 Å². The molecule has 0 unspecified atom stereocenters. The van der Waals surface area contributed by atoms with Gasteiger partial charge in [-0.3, -0.25) is 9.69 Å². The second kappa shape index (κ2) is 6.44. The highest BCUT2D eigenvalue weighted by Gasteiger charge is 2.25. The minimum absolute atomic E-state index is 0.0346. The van der Waals surface area contributed by atoms with Crippen molar-refractivity contribution in [2.75, 3.05) is 32.7 Å². The molecule has 1 saturated carbocycles. The highest BCUT2D eigenvalue weighted by molar-refractivity contribution is 5.91. The number of carbonyl (C=O) groups excluding carboxylic acids is 1. The lowest BCUT2D eigenvalue weighted by Crippen LogP contribution is -2.49. The SMILES string of the molecule is O=C(c1ccco1)N1CCN(CC2CCCCC2)CC1. The van der Waals surface area contributed by atoms with Crippen molar-refractivity contribution in [1.82, 2.24) is 9.80 Å². The van der Waals surface area contributed by atoms with Crippen LogP contribution >= 0.6 is 0 Å². The molecule has 0 bridgehead atoms. The van der Waals surface area contributed by atoms with Gasteiger partial charge in [0.1, 0.15) is 0 Å². The van der Waals surface area contributed by atoms with Gasteiger partial charge >= 0.3 is 0 Å². The van der Waals surface area contributed by atoms with Crippen LogP contribution in [-0.4, -0.2) is 48.4 Å². The van der Waals surface area contributed by atoms with E-state index < -0.39 is 0 Å². The summed E-state index contributed by atoms with van der Waals surface area (Å²) in [7, 11) is 0. The molecule has 1 aromatic heterocycles. The molecule has 20 heavy (non-hydrogen) atoms. The van der Waals surface area contributed by atoms with Crippen LogP contribution in [0.25, 0.3) is 0 Å². The van der Waals surface area contributed by atoms with Gasteiger partial charge in [0.25, 0.3) is 5.91 Å². The zero-order valence-corrected chi connectivity index (χ0v) is 12.1. The molecule has 0 radical (unpaired) electrons. The van der Waals surface area contributed by atoms with E-state index in [4.69, 9.17) is 4.42 Å². The molecule has 3 rings (SSSR count). The molecule has 4 nitrogen and oxygen atoms in total. The summed E-state index contributed by atoms with van der Waals surface area (Å²) in [6.07, 6.45) is 8.58. The Labute approximate surface area is 120 Å². The maximum atomic E-state index is 12.2. The molecule has 0 aromatic carbocycles. The zero-order chi connectivity index (χ0) is 13.8. The number of hydrogen-bond acceptors (Lipinski definition) is 3. The average Bonchev–Trinajstić information content (AvgIpc) is 3.03.